The van der Waals surface area contributed by atoms with Gasteiger partial charge in [0, 0.05) is 36.7 Å². The highest BCUT2D eigenvalue weighted by atomic mass is 16.2. The number of nitrogens with zero attached hydrogens (tertiary/aromatic N) is 1. The van der Waals surface area contributed by atoms with Gasteiger partial charge in [-0.05, 0) is 24.6 Å². The second kappa shape index (κ2) is 6.39. The summed E-state index contributed by atoms with van der Waals surface area (Å²) in [5.74, 6) is -0.689. The molecule has 1 fully saturated rings. The molecule has 1 saturated heterocycles. The van der Waals surface area contributed by atoms with Crippen LogP contribution >= 0.6 is 0 Å². The standard InChI is InChI=1S/C15H19N3O3/c1-10-8-14(20)18(15(10)21)7-3-6-13(19)17-12-5-2-4-11(16)9-12/h2,4-5,9-10H,3,6-8,16H2,1H3,(H,17,19). The van der Waals surface area contributed by atoms with Gasteiger partial charge >= 0.3 is 0 Å². The summed E-state index contributed by atoms with van der Waals surface area (Å²) in [6, 6.07) is 6.92. The van der Waals surface area contributed by atoms with Crippen LogP contribution in [0.1, 0.15) is 26.2 Å². The summed E-state index contributed by atoms with van der Waals surface area (Å²) < 4.78 is 0. The van der Waals surface area contributed by atoms with E-state index in [0.29, 0.717) is 24.3 Å². The molecule has 0 radical (unpaired) electrons. The molecular formula is C15H19N3O3. The lowest BCUT2D eigenvalue weighted by Crippen LogP contribution is -2.31. The van der Waals surface area contributed by atoms with E-state index < -0.39 is 0 Å². The molecule has 6 nitrogen and oxygen atoms in total. The molecule has 0 aliphatic carbocycles. The summed E-state index contributed by atoms with van der Waals surface area (Å²) in [4.78, 5) is 36.3. The smallest absolute Gasteiger partial charge is 0.232 e. The molecule has 6 heteroatoms. The number of carbonyl (C=O) groups is 3. The van der Waals surface area contributed by atoms with E-state index in [0.717, 1.165) is 0 Å². The van der Waals surface area contributed by atoms with Crippen molar-refractivity contribution in [2.75, 3.05) is 17.6 Å². The van der Waals surface area contributed by atoms with E-state index in [1.165, 1.54) is 4.90 Å². The Morgan fingerprint density at radius 2 is 2.19 bits per heavy atom. The second-order valence-corrected chi connectivity index (χ2v) is 5.27. The lowest BCUT2D eigenvalue weighted by atomic mass is 10.1. The van der Waals surface area contributed by atoms with E-state index in [9.17, 15) is 14.4 Å². The molecule has 2 rings (SSSR count). The van der Waals surface area contributed by atoms with Crippen LogP contribution in [0.3, 0.4) is 0 Å². The van der Waals surface area contributed by atoms with Crippen molar-refractivity contribution in [3.63, 3.8) is 0 Å². The van der Waals surface area contributed by atoms with Crippen molar-refractivity contribution < 1.29 is 14.4 Å². The number of nitrogens with one attached hydrogen (secondary N) is 1. The van der Waals surface area contributed by atoms with Crippen LogP contribution < -0.4 is 11.1 Å². The number of hydrogen-bond donors (Lipinski definition) is 2. The van der Waals surface area contributed by atoms with Gasteiger partial charge in [0.05, 0.1) is 0 Å². The van der Waals surface area contributed by atoms with Crippen molar-refractivity contribution in [3.05, 3.63) is 24.3 Å². The van der Waals surface area contributed by atoms with Crippen LogP contribution in [0.5, 0.6) is 0 Å². The molecule has 1 aromatic carbocycles. The highest BCUT2D eigenvalue weighted by Crippen LogP contribution is 2.19. The van der Waals surface area contributed by atoms with Crippen LogP contribution in [0, 0.1) is 5.92 Å². The fraction of sp³-hybridized carbons (Fsp3) is 0.400. The number of anilines is 2. The first kappa shape index (κ1) is 15.0. The van der Waals surface area contributed by atoms with Crippen molar-refractivity contribution in [3.8, 4) is 0 Å². The molecular weight excluding hydrogens is 270 g/mol. The fourth-order valence-electron chi connectivity index (χ4n) is 2.32. The molecule has 0 bridgehead atoms. The third-order valence-electron chi connectivity index (χ3n) is 3.43. The van der Waals surface area contributed by atoms with Gasteiger partial charge in [-0.1, -0.05) is 13.0 Å². The Labute approximate surface area is 123 Å². The number of nitrogen functional groups attached to an aromatic ring is 1. The SMILES string of the molecule is CC1CC(=O)N(CCCC(=O)Nc2cccc(N)c2)C1=O. The molecule has 1 unspecified atom stereocenters. The van der Waals surface area contributed by atoms with Gasteiger partial charge in [0.1, 0.15) is 0 Å². The van der Waals surface area contributed by atoms with Gasteiger partial charge in [-0.3, -0.25) is 19.3 Å². The van der Waals surface area contributed by atoms with E-state index in [1.54, 1.807) is 31.2 Å². The minimum atomic E-state index is -0.237. The van der Waals surface area contributed by atoms with Crippen molar-refractivity contribution in [2.45, 2.75) is 26.2 Å². The van der Waals surface area contributed by atoms with Crippen LogP contribution in [0.2, 0.25) is 0 Å². The van der Waals surface area contributed by atoms with Gasteiger partial charge in [0.15, 0.2) is 0 Å². The zero-order valence-corrected chi connectivity index (χ0v) is 12.0. The average Bonchev–Trinajstić information content (AvgIpc) is 2.65. The van der Waals surface area contributed by atoms with E-state index in [1.807, 2.05) is 0 Å². The normalized spacial score (nSPS) is 18.1. The van der Waals surface area contributed by atoms with Gasteiger partial charge in [-0.25, -0.2) is 0 Å². The van der Waals surface area contributed by atoms with Crippen LogP contribution in [-0.2, 0) is 14.4 Å². The Hall–Kier alpha value is -2.37. The molecule has 3 N–H and O–H groups in total. The predicted molar refractivity (Wildman–Crippen MR) is 79.2 cm³/mol. The molecule has 1 aliphatic rings. The Balaban J connectivity index is 1.77. The zero-order chi connectivity index (χ0) is 15.4. The molecule has 0 spiro atoms. The summed E-state index contributed by atoms with van der Waals surface area (Å²) in [7, 11) is 0. The number of carbonyl (C=O) groups excluding carboxylic acids is 3. The van der Waals surface area contributed by atoms with Crippen LogP contribution in [0.25, 0.3) is 0 Å². The van der Waals surface area contributed by atoms with E-state index >= 15 is 0 Å². The van der Waals surface area contributed by atoms with Crippen LogP contribution in [-0.4, -0.2) is 29.2 Å². The summed E-state index contributed by atoms with van der Waals surface area (Å²) in [6.07, 6.45) is 0.979. The molecule has 0 saturated carbocycles. The Morgan fingerprint density at radius 3 is 2.81 bits per heavy atom. The molecule has 1 atom stereocenters. The fourth-order valence-corrected chi connectivity index (χ4v) is 2.32. The maximum atomic E-state index is 11.8. The molecule has 21 heavy (non-hydrogen) atoms. The number of hydrogen-bond acceptors (Lipinski definition) is 4. The summed E-state index contributed by atoms with van der Waals surface area (Å²) >= 11 is 0. The first-order valence-electron chi connectivity index (χ1n) is 6.97. The number of rotatable bonds is 5. The molecule has 3 amide bonds. The van der Waals surface area contributed by atoms with Crippen molar-refractivity contribution in [1.29, 1.82) is 0 Å². The monoisotopic (exact) mass is 289 g/mol. The second-order valence-electron chi connectivity index (χ2n) is 5.27. The van der Waals surface area contributed by atoms with E-state index in [-0.39, 0.29) is 36.5 Å². The highest BCUT2D eigenvalue weighted by Gasteiger charge is 2.34. The maximum absolute atomic E-state index is 11.8. The molecule has 1 aliphatic heterocycles. The third kappa shape index (κ3) is 3.81. The lowest BCUT2D eigenvalue weighted by Gasteiger charge is -2.14. The summed E-state index contributed by atoms with van der Waals surface area (Å²) in [5.41, 5.74) is 6.85. The number of amides is 3. The largest absolute Gasteiger partial charge is 0.399 e. The van der Waals surface area contributed by atoms with Gasteiger partial charge in [-0.2, -0.15) is 0 Å². The zero-order valence-electron chi connectivity index (χ0n) is 12.0. The average molecular weight is 289 g/mol. The van der Waals surface area contributed by atoms with Crippen molar-refractivity contribution in [2.24, 2.45) is 5.92 Å². The number of nitrogens with two attached hydrogens (primary N) is 1. The molecule has 0 aromatic heterocycles. The minimum Gasteiger partial charge on any atom is -0.399 e. The summed E-state index contributed by atoms with van der Waals surface area (Å²) in [5, 5.41) is 2.73. The topological polar surface area (TPSA) is 92.5 Å². The first-order valence-corrected chi connectivity index (χ1v) is 6.97. The first-order chi connectivity index (χ1) is 9.97. The third-order valence-corrected chi connectivity index (χ3v) is 3.43. The van der Waals surface area contributed by atoms with Crippen molar-refractivity contribution >= 4 is 29.1 Å². The lowest BCUT2D eigenvalue weighted by molar-refractivity contribution is -0.139. The Bertz CT molecular complexity index is 571. The van der Waals surface area contributed by atoms with Gasteiger partial charge in [0.25, 0.3) is 0 Å². The predicted octanol–water partition coefficient (Wildman–Crippen LogP) is 1.38. The van der Waals surface area contributed by atoms with E-state index in [2.05, 4.69) is 5.32 Å². The van der Waals surface area contributed by atoms with Crippen LogP contribution in [0.4, 0.5) is 11.4 Å². The Morgan fingerprint density at radius 1 is 1.43 bits per heavy atom. The molecule has 1 aromatic rings. The van der Waals surface area contributed by atoms with Crippen molar-refractivity contribution in [1.82, 2.24) is 4.90 Å². The van der Waals surface area contributed by atoms with Gasteiger partial charge < -0.3 is 11.1 Å². The van der Waals surface area contributed by atoms with Gasteiger partial charge in [0.2, 0.25) is 17.7 Å². The van der Waals surface area contributed by atoms with Gasteiger partial charge in [-0.15, -0.1) is 0 Å². The highest BCUT2D eigenvalue weighted by molar-refractivity contribution is 6.03. The maximum Gasteiger partial charge on any atom is 0.232 e. The number of imide groups is 1. The molecule has 1 heterocycles. The Kier molecular flexibility index (Phi) is 4.57. The van der Waals surface area contributed by atoms with Crippen LogP contribution in [0.15, 0.2) is 24.3 Å². The number of likely N-dealkylation sites (tertiary alicyclic amines) is 1. The summed E-state index contributed by atoms with van der Waals surface area (Å²) in [6.45, 7) is 2.04. The number of benzene rings is 1. The molecule has 112 valence electrons. The quantitative estimate of drug-likeness (QED) is 0.632. The minimum absolute atomic E-state index is 0.142. The van der Waals surface area contributed by atoms with E-state index in [4.69, 9.17) is 5.73 Å².